The molecule has 0 spiro atoms. The van der Waals surface area contributed by atoms with Gasteiger partial charge in [0.25, 0.3) is 0 Å². The van der Waals surface area contributed by atoms with Gasteiger partial charge >= 0.3 is 0 Å². The van der Waals surface area contributed by atoms with E-state index in [0.29, 0.717) is 13.0 Å². The van der Waals surface area contributed by atoms with Crippen LogP contribution in [0.2, 0.25) is 0 Å². The molecule has 7 nitrogen and oxygen atoms in total. The Hall–Kier alpha value is -3.00. The molecule has 1 heterocycles. The van der Waals surface area contributed by atoms with E-state index in [4.69, 9.17) is 10.5 Å². The molecule has 1 aliphatic heterocycles. The number of aryl methyl sites for hydroxylation is 2. The highest BCUT2D eigenvalue weighted by molar-refractivity contribution is 5.99. The Morgan fingerprint density at radius 2 is 1.94 bits per heavy atom. The van der Waals surface area contributed by atoms with Gasteiger partial charge in [0, 0.05) is 12.6 Å². The molecule has 2 aromatic carbocycles. The second-order valence-electron chi connectivity index (χ2n) is 9.64. The van der Waals surface area contributed by atoms with Crippen molar-refractivity contribution in [3.05, 3.63) is 82.4 Å². The molecule has 4 rings (SSSR count). The van der Waals surface area contributed by atoms with Crippen molar-refractivity contribution in [2.45, 2.75) is 57.4 Å². The zero-order valence-electron chi connectivity index (χ0n) is 20.4. The Morgan fingerprint density at radius 1 is 1.17 bits per heavy atom. The third-order valence-corrected chi connectivity index (χ3v) is 6.97. The van der Waals surface area contributed by atoms with Crippen LogP contribution in [0.4, 0.5) is 0 Å². The van der Waals surface area contributed by atoms with Crippen molar-refractivity contribution in [2.24, 2.45) is 11.7 Å². The average molecular weight is 478 g/mol. The molecular formula is C28H35N3O4. The second kappa shape index (κ2) is 11.2. The monoisotopic (exact) mass is 477 g/mol. The molecular weight excluding hydrogens is 442 g/mol. The van der Waals surface area contributed by atoms with Gasteiger partial charge in [0.1, 0.15) is 5.92 Å². The molecule has 0 aromatic heterocycles. The Kier molecular flexibility index (Phi) is 8.00. The molecule has 2 bridgehead atoms. The number of aliphatic hydroxyl groups excluding tert-OH is 1. The predicted molar refractivity (Wildman–Crippen MR) is 134 cm³/mol. The molecule has 2 amide bonds. The van der Waals surface area contributed by atoms with E-state index in [9.17, 15) is 14.7 Å². The molecule has 35 heavy (non-hydrogen) atoms. The fourth-order valence-electron chi connectivity index (χ4n) is 5.21. The van der Waals surface area contributed by atoms with Gasteiger partial charge in [-0.25, -0.2) is 0 Å². The van der Waals surface area contributed by atoms with Crippen molar-refractivity contribution in [3.8, 4) is 0 Å². The van der Waals surface area contributed by atoms with Crippen LogP contribution in [0, 0.1) is 19.8 Å². The van der Waals surface area contributed by atoms with Gasteiger partial charge < -0.3 is 26.2 Å². The van der Waals surface area contributed by atoms with Crippen LogP contribution in [-0.2, 0) is 20.7 Å². The number of rotatable bonds is 3. The third-order valence-electron chi connectivity index (χ3n) is 6.97. The van der Waals surface area contributed by atoms with Gasteiger partial charge in [0.05, 0.1) is 24.9 Å². The van der Waals surface area contributed by atoms with Gasteiger partial charge in [-0.1, -0.05) is 60.2 Å². The summed E-state index contributed by atoms with van der Waals surface area (Å²) < 4.78 is 6.20. The average Bonchev–Trinajstić information content (AvgIpc) is 3.16. The number of aliphatic hydroxyl groups is 1. The van der Waals surface area contributed by atoms with Crippen LogP contribution >= 0.6 is 0 Å². The van der Waals surface area contributed by atoms with E-state index in [1.807, 2.05) is 36.4 Å². The van der Waals surface area contributed by atoms with Gasteiger partial charge in [0.15, 0.2) is 0 Å². The minimum Gasteiger partial charge on any atom is -0.390 e. The van der Waals surface area contributed by atoms with Crippen molar-refractivity contribution in [1.29, 1.82) is 0 Å². The topological polar surface area (TPSA) is 114 Å². The quantitative estimate of drug-likeness (QED) is 0.401. The number of hydrogen-bond acceptors (Lipinski definition) is 5. The summed E-state index contributed by atoms with van der Waals surface area (Å²) in [5.41, 5.74) is 11.3. The number of amides is 2. The molecule has 2 aliphatic rings. The Bertz CT molecular complexity index is 1090. The maximum atomic E-state index is 13.0. The predicted octanol–water partition coefficient (Wildman–Crippen LogP) is 2.55. The van der Waals surface area contributed by atoms with Crippen LogP contribution in [0.3, 0.4) is 0 Å². The lowest BCUT2D eigenvalue weighted by Gasteiger charge is -2.27. The molecule has 0 saturated heterocycles. The van der Waals surface area contributed by atoms with Crippen molar-refractivity contribution in [2.75, 3.05) is 13.2 Å². The molecule has 5 N–H and O–H groups in total. The first-order valence-corrected chi connectivity index (χ1v) is 12.3. The van der Waals surface area contributed by atoms with Gasteiger partial charge in [-0.05, 0) is 55.4 Å². The van der Waals surface area contributed by atoms with Crippen LogP contribution < -0.4 is 16.4 Å². The molecule has 2 aromatic rings. The fraction of sp³-hybridized carbons (Fsp3) is 0.429. The van der Waals surface area contributed by atoms with Crippen molar-refractivity contribution >= 4 is 11.8 Å². The maximum absolute atomic E-state index is 13.0. The molecule has 1 aliphatic carbocycles. The Labute approximate surface area is 206 Å². The number of nitrogens with one attached hydrogen (secondary N) is 2. The van der Waals surface area contributed by atoms with Crippen molar-refractivity contribution in [1.82, 2.24) is 10.6 Å². The van der Waals surface area contributed by atoms with E-state index in [-0.39, 0.29) is 25.1 Å². The van der Waals surface area contributed by atoms with E-state index >= 15 is 0 Å². The van der Waals surface area contributed by atoms with E-state index in [1.54, 1.807) is 6.08 Å². The maximum Gasteiger partial charge on any atom is 0.233 e. The van der Waals surface area contributed by atoms with Crippen LogP contribution in [0.15, 0.2) is 54.6 Å². The van der Waals surface area contributed by atoms with Crippen molar-refractivity contribution < 1.29 is 19.4 Å². The van der Waals surface area contributed by atoms with Crippen LogP contribution in [0.25, 0.3) is 0 Å². The SMILES string of the molecule is Cc1cc(C)c2c(c1)[C@H]1C[C@@H]2OC/C=C/C[C@@H](C(N)=O)C(=O)N[C@@H](Cc2ccccc2)[C@H](O)CN1. The number of primary amides is 1. The number of nitrogens with two attached hydrogens (primary N) is 1. The van der Waals surface area contributed by atoms with Crippen molar-refractivity contribution in [3.63, 3.8) is 0 Å². The smallest absolute Gasteiger partial charge is 0.233 e. The zero-order chi connectivity index (χ0) is 24.9. The number of carbonyl (C=O) groups excluding carboxylic acids is 2. The van der Waals surface area contributed by atoms with Gasteiger partial charge in [0.2, 0.25) is 11.8 Å². The molecule has 5 atom stereocenters. The number of carbonyl (C=O) groups is 2. The summed E-state index contributed by atoms with van der Waals surface area (Å²) in [6, 6.07) is 13.5. The van der Waals surface area contributed by atoms with Gasteiger partial charge in [-0.15, -0.1) is 0 Å². The number of hydrogen-bond donors (Lipinski definition) is 4. The standard InChI is InChI=1S/C28H35N3O4/c1-17-12-18(2)26-21(13-17)22-15-25(26)35-11-7-6-10-20(27(29)33)28(34)31-23(24(32)16-30-22)14-19-8-4-3-5-9-19/h3-9,12-13,20,22-25,30,32H,10-11,14-16H2,1-2H3,(H2,29,33)(H,31,34)/b7-6+/t20-,22+,23-,24+,25-/m0/s1. The summed E-state index contributed by atoms with van der Waals surface area (Å²) in [6.07, 6.45) is 4.04. The summed E-state index contributed by atoms with van der Waals surface area (Å²) in [7, 11) is 0. The highest BCUT2D eigenvalue weighted by Crippen LogP contribution is 2.43. The number of β-amino-alcohol motifs (C(OH)–C–C–N with tert-alkyl or cyclic N) is 1. The number of benzene rings is 2. The normalized spacial score (nSPS) is 28.3. The minimum atomic E-state index is -1.02. The molecule has 0 radical (unpaired) electrons. The molecule has 0 unspecified atom stereocenters. The summed E-state index contributed by atoms with van der Waals surface area (Å²) in [5.74, 6) is -2.18. The molecule has 7 heteroatoms. The second-order valence-corrected chi connectivity index (χ2v) is 9.64. The van der Waals surface area contributed by atoms with Crippen LogP contribution in [0.5, 0.6) is 0 Å². The molecule has 0 fully saturated rings. The summed E-state index contributed by atoms with van der Waals surface area (Å²) in [5, 5.41) is 17.6. The van der Waals surface area contributed by atoms with Crippen LogP contribution in [0.1, 0.15) is 52.8 Å². The highest BCUT2D eigenvalue weighted by atomic mass is 16.5. The minimum absolute atomic E-state index is 0.0313. The highest BCUT2D eigenvalue weighted by Gasteiger charge is 2.34. The molecule has 186 valence electrons. The molecule has 0 saturated carbocycles. The van der Waals surface area contributed by atoms with E-state index in [0.717, 1.165) is 12.0 Å². The third kappa shape index (κ3) is 5.99. The van der Waals surface area contributed by atoms with Gasteiger partial charge in [-0.3, -0.25) is 9.59 Å². The largest absolute Gasteiger partial charge is 0.390 e. The van der Waals surface area contributed by atoms with Crippen LogP contribution in [-0.4, -0.2) is 42.2 Å². The van der Waals surface area contributed by atoms with E-state index < -0.39 is 29.9 Å². The summed E-state index contributed by atoms with van der Waals surface area (Å²) in [6.45, 7) is 4.84. The number of ether oxygens (including phenoxy) is 1. The van der Waals surface area contributed by atoms with E-state index in [2.05, 4.69) is 36.6 Å². The van der Waals surface area contributed by atoms with E-state index in [1.165, 1.54) is 22.3 Å². The number of fused-ring (bicyclic) bond motifs is 5. The lowest BCUT2D eigenvalue weighted by Crippen LogP contribution is -2.52. The summed E-state index contributed by atoms with van der Waals surface area (Å²) >= 11 is 0. The lowest BCUT2D eigenvalue weighted by atomic mass is 9.97. The first-order chi connectivity index (χ1) is 16.8. The number of allylic oxidation sites excluding steroid dienone is 1. The fourth-order valence-corrected chi connectivity index (χ4v) is 5.21. The van der Waals surface area contributed by atoms with Gasteiger partial charge in [-0.2, -0.15) is 0 Å². The first kappa shape index (κ1) is 25.1. The Morgan fingerprint density at radius 3 is 2.69 bits per heavy atom. The lowest BCUT2D eigenvalue weighted by molar-refractivity contribution is -0.134. The Balaban J connectivity index is 1.63. The zero-order valence-corrected chi connectivity index (χ0v) is 20.4. The first-order valence-electron chi connectivity index (χ1n) is 12.3. The summed E-state index contributed by atoms with van der Waals surface area (Å²) in [4.78, 5) is 25.0.